The van der Waals surface area contributed by atoms with Crippen LogP contribution in [0.1, 0.15) is 33.9 Å². The summed E-state index contributed by atoms with van der Waals surface area (Å²) in [4.78, 5) is 35.6. The maximum Gasteiger partial charge on any atom is 0.380 e. The number of esters is 1. The number of nitrogens with one attached hydrogen (secondary N) is 1. The number of carbonyl (C=O) groups is 1. The lowest BCUT2D eigenvalue weighted by molar-refractivity contribution is -0.151. The first-order chi connectivity index (χ1) is 18.2. The largest absolute Gasteiger partial charge is 0.463 e. The summed E-state index contributed by atoms with van der Waals surface area (Å²) in [5.41, 5.74) is -2.48. The number of aliphatic hydroxyl groups excluding tert-OH is 1. The fourth-order valence-electron chi connectivity index (χ4n) is 4.02. The summed E-state index contributed by atoms with van der Waals surface area (Å²) in [5, 5.41) is 10.9. The van der Waals surface area contributed by atoms with Crippen LogP contribution in [0.3, 0.4) is 0 Å². The second-order valence-electron chi connectivity index (χ2n) is 9.50. The Morgan fingerprint density at radius 2 is 1.90 bits per heavy atom. The molecule has 1 aliphatic heterocycles. The summed E-state index contributed by atoms with van der Waals surface area (Å²) in [6, 6.07) is 7.97. The monoisotopic (exact) mass is 594 g/mol. The Morgan fingerprint density at radius 3 is 2.49 bits per heavy atom. The Balaban J connectivity index is 1.91. The lowest BCUT2D eigenvalue weighted by atomic mass is 9.97. The van der Waals surface area contributed by atoms with Crippen molar-refractivity contribution in [2.24, 2.45) is 5.92 Å². The first kappa shape index (κ1) is 31.0. The minimum absolute atomic E-state index is 0.161. The second-order valence-corrected chi connectivity index (χ2v) is 12.2. The van der Waals surface area contributed by atoms with Crippen LogP contribution in [-0.4, -0.2) is 62.8 Å². The average molecular weight is 595 g/mol. The van der Waals surface area contributed by atoms with Crippen LogP contribution in [0.2, 0.25) is 0 Å². The Kier molecular flexibility index (Phi) is 9.77. The molecule has 1 unspecified atom stereocenters. The minimum atomic E-state index is -4.20. The van der Waals surface area contributed by atoms with E-state index in [0.29, 0.717) is 10.8 Å². The number of ether oxygens (including phenoxy) is 2. The summed E-state index contributed by atoms with van der Waals surface area (Å²) >= 11 is 6.34. The summed E-state index contributed by atoms with van der Waals surface area (Å²) in [7, 11) is -4.20. The van der Waals surface area contributed by atoms with Crippen molar-refractivity contribution in [3.8, 4) is 5.75 Å². The van der Waals surface area contributed by atoms with Crippen molar-refractivity contribution in [2.75, 3.05) is 12.8 Å². The Morgan fingerprint density at radius 1 is 1.26 bits per heavy atom. The van der Waals surface area contributed by atoms with Crippen molar-refractivity contribution in [1.82, 2.24) is 9.55 Å². The van der Waals surface area contributed by atoms with Crippen LogP contribution in [0.15, 0.2) is 46.1 Å². The van der Waals surface area contributed by atoms with Gasteiger partial charge in [-0.15, -0.1) is 11.6 Å². The first-order valence-corrected chi connectivity index (χ1v) is 14.1. The molecule has 1 aromatic carbocycles. The standard InChI is InChI=1S/C24H30ClF2N2O9P/c1-13(2)35-21(32)14(3)11-39(34,38-16-8-6-5-7-9-16)37-15(4)18-19(30)24(25,12-26)22(36-18)29-10-17(27)20(31)28-23(29)33/h5-10,13-15,18-19,22,30H,11-12H2,1-4H3,(H,28,31,33)/t14-,15+,18-,19+,22-,24?,39-/m1/s1. The van der Waals surface area contributed by atoms with E-state index in [0.717, 1.165) is 0 Å². The van der Waals surface area contributed by atoms with Crippen molar-refractivity contribution >= 4 is 25.2 Å². The van der Waals surface area contributed by atoms with Gasteiger partial charge in [-0.3, -0.25) is 23.7 Å². The number of rotatable bonds is 11. The van der Waals surface area contributed by atoms with E-state index in [9.17, 15) is 32.8 Å². The maximum absolute atomic E-state index is 14.2. The third-order valence-electron chi connectivity index (χ3n) is 5.91. The zero-order valence-corrected chi connectivity index (χ0v) is 23.2. The molecule has 2 heterocycles. The van der Waals surface area contributed by atoms with Gasteiger partial charge in [0.05, 0.1) is 30.5 Å². The highest BCUT2D eigenvalue weighted by Gasteiger charge is 2.59. The minimum Gasteiger partial charge on any atom is -0.463 e. The van der Waals surface area contributed by atoms with Crippen LogP contribution in [0, 0.1) is 11.7 Å². The molecule has 39 heavy (non-hydrogen) atoms. The fraction of sp³-hybridized carbons (Fsp3) is 0.542. The molecule has 0 radical (unpaired) electrons. The molecule has 0 spiro atoms. The highest BCUT2D eigenvalue weighted by Crippen LogP contribution is 2.53. The number of halogens is 3. The highest BCUT2D eigenvalue weighted by molar-refractivity contribution is 7.54. The topological polar surface area (TPSA) is 146 Å². The van der Waals surface area contributed by atoms with E-state index in [-0.39, 0.29) is 5.75 Å². The summed E-state index contributed by atoms with van der Waals surface area (Å²) < 4.78 is 64.8. The van der Waals surface area contributed by atoms with Crippen molar-refractivity contribution in [2.45, 2.75) is 63.2 Å². The number of aromatic amines is 1. The van der Waals surface area contributed by atoms with Gasteiger partial charge in [0.1, 0.15) is 29.5 Å². The quantitative estimate of drug-likeness (QED) is 0.227. The molecule has 0 saturated carbocycles. The molecule has 1 saturated heterocycles. The van der Waals surface area contributed by atoms with Gasteiger partial charge in [-0.05, 0) is 32.9 Å². The molecule has 0 aliphatic carbocycles. The molecule has 15 heteroatoms. The van der Waals surface area contributed by atoms with Crippen molar-refractivity contribution in [3.63, 3.8) is 0 Å². The lowest BCUT2D eigenvalue weighted by Crippen LogP contribution is -2.48. The van der Waals surface area contributed by atoms with E-state index in [2.05, 4.69) is 0 Å². The summed E-state index contributed by atoms with van der Waals surface area (Å²) in [5.74, 6) is -2.79. The van der Waals surface area contributed by atoms with Gasteiger partial charge < -0.3 is 19.1 Å². The number of aliphatic hydroxyl groups is 1. The van der Waals surface area contributed by atoms with E-state index in [1.807, 2.05) is 0 Å². The van der Waals surface area contributed by atoms with E-state index < -0.39 is 84.9 Å². The van der Waals surface area contributed by atoms with Crippen LogP contribution in [-0.2, 0) is 23.4 Å². The zero-order valence-electron chi connectivity index (χ0n) is 21.6. The number of benzene rings is 1. The molecule has 11 nitrogen and oxygen atoms in total. The first-order valence-electron chi connectivity index (χ1n) is 12.0. The summed E-state index contributed by atoms with van der Waals surface area (Å²) in [6.07, 6.45) is -6.85. The van der Waals surface area contributed by atoms with E-state index in [1.54, 1.807) is 37.0 Å². The number of H-pyrrole nitrogens is 1. The van der Waals surface area contributed by atoms with Gasteiger partial charge in [0.2, 0.25) is 5.82 Å². The van der Waals surface area contributed by atoms with Crippen molar-refractivity contribution in [3.05, 3.63) is 63.2 Å². The molecule has 3 rings (SSSR count). The normalized spacial score (nSPS) is 26.1. The molecule has 1 aliphatic rings. The highest BCUT2D eigenvalue weighted by atomic mass is 35.5. The number of nitrogens with zero attached hydrogens (tertiary/aromatic N) is 1. The van der Waals surface area contributed by atoms with Gasteiger partial charge in [0, 0.05) is 0 Å². The van der Waals surface area contributed by atoms with Crippen LogP contribution >= 0.6 is 19.2 Å². The third-order valence-corrected chi connectivity index (χ3v) is 8.56. The van der Waals surface area contributed by atoms with Gasteiger partial charge in [-0.25, -0.2) is 13.8 Å². The molecule has 2 N–H and O–H groups in total. The number of para-hydroxylation sites is 1. The second kappa shape index (κ2) is 12.3. The molecule has 0 bridgehead atoms. The van der Waals surface area contributed by atoms with Crippen molar-refractivity contribution < 1.29 is 41.8 Å². The number of alkyl halides is 2. The van der Waals surface area contributed by atoms with Gasteiger partial charge >= 0.3 is 19.3 Å². The van der Waals surface area contributed by atoms with Gasteiger partial charge in [-0.1, -0.05) is 25.1 Å². The third kappa shape index (κ3) is 6.96. The van der Waals surface area contributed by atoms with Gasteiger partial charge in [-0.2, -0.15) is 4.39 Å². The lowest BCUT2D eigenvalue weighted by Gasteiger charge is -2.29. The predicted molar refractivity (Wildman–Crippen MR) is 136 cm³/mol. The molecule has 7 atom stereocenters. The molecule has 1 aromatic heterocycles. The maximum atomic E-state index is 14.2. The van der Waals surface area contributed by atoms with Crippen LogP contribution in [0.25, 0.3) is 0 Å². The van der Waals surface area contributed by atoms with E-state index >= 15 is 0 Å². The Labute approximate surface area is 227 Å². The van der Waals surface area contributed by atoms with Gasteiger partial charge in [0.25, 0.3) is 5.56 Å². The molecular weight excluding hydrogens is 565 g/mol. The molecule has 216 valence electrons. The fourth-order valence-corrected chi connectivity index (χ4v) is 6.39. The SMILES string of the molecule is CC(C)OC(=O)[C@H](C)C[P@](=O)(Oc1ccccc1)O[C@@H](C)[C@H]1O[C@@H](n2cc(F)c(=O)[nH]c2=O)C(Cl)(CF)[C@H]1O. The summed E-state index contributed by atoms with van der Waals surface area (Å²) in [6.45, 7) is 4.68. The molecule has 0 amide bonds. The van der Waals surface area contributed by atoms with Crippen LogP contribution < -0.4 is 15.8 Å². The smallest absolute Gasteiger partial charge is 0.380 e. The average Bonchev–Trinajstić information content (AvgIpc) is 3.12. The molecule has 2 aromatic rings. The van der Waals surface area contributed by atoms with Gasteiger partial charge in [0.15, 0.2) is 6.23 Å². The Bertz CT molecular complexity index is 1320. The van der Waals surface area contributed by atoms with Crippen LogP contribution in [0.5, 0.6) is 5.75 Å². The van der Waals surface area contributed by atoms with Crippen molar-refractivity contribution in [1.29, 1.82) is 0 Å². The zero-order chi connectivity index (χ0) is 29.1. The number of hydrogen-bond donors (Lipinski definition) is 2. The predicted octanol–water partition coefficient (Wildman–Crippen LogP) is 3.15. The number of carbonyl (C=O) groups excluding carboxylic acids is 1. The van der Waals surface area contributed by atoms with Crippen LogP contribution in [0.4, 0.5) is 8.78 Å². The number of aromatic nitrogens is 2. The number of hydrogen-bond acceptors (Lipinski definition) is 9. The molecular formula is C24H30ClF2N2O9P. The van der Waals surface area contributed by atoms with E-state index in [4.69, 9.17) is 30.1 Å². The molecule has 1 fully saturated rings. The van der Waals surface area contributed by atoms with E-state index in [1.165, 1.54) is 26.0 Å². The Hall–Kier alpha value is -2.57.